The Kier molecular flexibility index (Phi) is 4.96. The van der Waals surface area contributed by atoms with Crippen LogP contribution in [0.15, 0.2) is 16.8 Å². The summed E-state index contributed by atoms with van der Waals surface area (Å²) in [5.41, 5.74) is 7.89. The summed E-state index contributed by atoms with van der Waals surface area (Å²) in [5, 5.41) is 6.28. The Bertz CT molecular complexity index is 383. The van der Waals surface area contributed by atoms with Crippen LogP contribution < -0.4 is 16.4 Å². The lowest BCUT2D eigenvalue weighted by molar-refractivity contribution is -0.122. The minimum atomic E-state index is 0.0147. The van der Waals surface area contributed by atoms with Gasteiger partial charge in [-0.1, -0.05) is 0 Å². The third-order valence-corrected chi connectivity index (χ3v) is 4.08. The van der Waals surface area contributed by atoms with Crippen LogP contribution in [0.2, 0.25) is 0 Å². The molecule has 0 aromatic carbocycles. The van der Waals surface area contributed by atoms with Crippen molar-refractivity contribution in [1.29, 1.82) is 0 Å². The van der Waals surface area contributed by atoms with Gasteiger partial charge in [-0.2, -0.15) is 0 Å². The molecule has 0 bridgehead atoms. The van der Waals surface area contributed by atoms with E-state index in [-0.39, 0.29) is 11.9 Å². The van der Waals surface area contributed by atoms with Crippen molar-refractivity contribution in [2.45, 2.75) is 38.1 Å². The third-order valence-electron chi connectivity index (χ3n) is 4.08. The Morgan fingerprint density at radius 2 is 2.42 bits per heavy atom. The monoisotopic (exact) mass is 264 g/mol. The van der Waals surface area contributed by atoms with E-state index >= 15 is 0 Å². The van der Waals surface area contributed by atoms with Gasteiger partial charge in [0, 0.05) is 19.3 Å². The second kappa shape index (κ2) is 6.70. The Hall–Kier alpha value is -1.36. The van der Waals surface area contributed by atoms with E-state index < -0.39 is 0 Å². The largest absolute Gasteiger partial charge is 0.404 e. The number of hydrogen-bond acceptors (Lipinski definition) is 4. The fourth-order valence-electron chi connectivity index (χ4n) is 2.90. The van der Waals surface area contributed by atoms with Gasteiger partial charge in [-0.25, -0.2) is 0 Å². The molecule has 0 aromatic rings. The van der Waals surface area contributed by atoms with Gasteiger partial charge in [-0.05, 0) is 56.3 Å². The topological polar surface area (TPSA) is 79.5 Å². The van der Waals surface area contributed by atoms with Crippen LogP contribution in [0, 0.1) is 5.92 Å². The lowest BCUT2D eigenvalue weighted by Crippen LogP contribution is -2.42. The Balaban J connectivity index is 1.79. The molecule has 1 heterocycles. The maximum Gasteiger partial charge on any atom is 0.237 e. The van der Waals surface area contributed by atoms with Gasteiger partial charge < -0.3 is 16.4 Å². The van der Waals surface area contributed by atoms with Crippen molar-refractivity contribution in [3.8, 4) is 0 Å². The van der Waals surface area contributed by atoms with Gasteiger partial charge in [-0.15, -0.1) is 0 Å². The highest BCUT2D eigenvalue weighted by atomic mass is 16.2. The average Bonchev–Trinajstić information content (AvgIpc) is 2.98. The summed E-state index contributed by atoms with van der Waals surface area (Å²) < 4.78 is 0. The van der Waals surface area contributed by atoms with Gasteiger partial charge in [0.15, 0.2) is 0 Å². The Morgan fingerprint density at radius 3 is 3.05 bits per heavy atom. The molecule has 0 spiro atoms. The first kappa shape index (κ1) is 14.1. The van der Waals surface area contributed by atoms with Gasteiger partial charge in [0.1, 0.15) is 0 Å². The van der Waals surface area contributed by atoms with E-state index in [1.807, 2.05) is 7.05 Å². The van der Waals surface area contributed by atoms with Crippen LogP contribution in [0.1, 0.15) is 32.1 Å². The van der Waals surface area contributed by atoms with Gasteiger partial charge in [0.05, 0.1) is 6.04 Å². The summed E-state index contributed by atoms with van der Waals surface area (Å²) in [7, 11) is 1.81. The maximum absolute atomic E-state index is 11.9. The van der Waals surface area contributed by atoms with Crippen LogP contribution in [0.3, 0.4) is 0 Å². The molecule has 0 radical (unpaired) electrons. The molecule has 2 unspecified atom stereocenters. The number of aliphatic imine (C=N–C) groups is 1. The number of allylic oxidation sites excluding steroid dienone is 1. The van der Waals surface area contributed by atoms with Crippen molar-refractivity contribution >= 4 is 11.6 Å². The fraction of sp³-hybridized carbons (Fsp3) is 0.714. The second-order valence-electron chi connectivity index (χ2n) is 5.37. The van der Waals surface area contributed by atoms with E-state index in [9.17, 15) is 4.79 Å². The highest BCUT2D eigenvalue weighted by Crippen LogP contribution is 2.25. The van der Waals surface area contributed by atoms with Crippen molar-refractivity contribution in [2.24, 2.45) is 16.6 Å². The minimum absolute atomic E-state index is 0.0147. The molecular weight excluding hydrogens is 240 g/mol. The zero-order chi connectivity index (χ0) is 13.7. The van der Waals surface area contributed by atoms with Crippen molar-refractivity contribution in [3.63, 3.8) is 0 Å². The maximum atomic E-state index is 11.9. The molecule has 2 rings (SSSR count). The Labute approximate surface area is 114 Å². The zero-order valence-corrected chi connectivity index (χ0v) is 11.6. The first-order valence-corrected chi connectivity index (χ1v) is 7.12. The fourth-order valence-corrected chi connectivity index (χ4v) is 2.90. The molecule has 106 valence electrons. The van der Waals surface area contributed by atoms with Gasteiger partial charge in [0.25, 0.3) is 0 Å². The van der Waals surface area contributed by atoms with E-state index in [1.54, 1.807) is 6.20 Å². The van der Waals surface area contributed by atoms with Gasteiger partial charge in [-0.3, -0.25) is 9.79 Å². The first-order chi connectivity index (χ1) is 9.24. The molecule has 1 amide bonds. The summed E-state index contributed by atoms with van der Waals surface area (Å²) in [5.74, 6) is 0.622. The lowest BCUT2D eigenvalue weighted by atomic mass is 9.84. The molecule has 2 atom stereocenters. The van der Waals surface area contributed by atoms with Gasteiger partial charge in [0.2, 0.25) is 5.91 Å². The summed E-state index contributed by atoms with van der Waals surface area (Å²) >= 11 is 0. The predicted molar refractivity (Wildman–Crippen MR) is 77.0 cm³/mol. The van der Waals surface area contributed by atoms with Crippen molar-refractivity contribution in [2.75, 3.05) is 20.1 Å². The molecule has 1 saturated heterocycles. The molecular formula is C14H24N4O. The first-order valence-electron chi connectivity index (χ1n) is 7.12. The Morgan fingerprint density at radius 1 is 1.58 bits per heavy atom. The van der Waals surface area contributed by atoms with Crippen molar-refractivity contribution in [1.82, 2.24) is 10.6 Å². The number of carbonyl (C=O) groups excluding carboxylic acids is 1. The molecule has 1 aliphatic heterocycles. The highest BCUT2D eigenvalue weighted by molar-refractivity contribution is 6.00. The van der Waals surface area contributed by atoms with E-state index in [1.165, 1.54) is 0 Å². The summed E-state index contributed by atoms with van der Waals surface area (Å²) in [6.07, 6.45) is 6.66. The van der Waals surface area contributed by atoms with Crippen LogP contribution in [0.25, 0.3) is 0 Å². The average molecular weight is 264 g/mol. The SMILES string of the molecule is CN=C1CCC(CNC(=O)C2CCCN2)C/C1=C/N. The number of nitrogens with zero attached hydrogens (tertiary/aromatic N) is 1. The van der Waals surface area contributed by atoms with Gasteiger partial charge >= 0.3 is 0 Å². The quantitative estimate of drug-likeness (QED) is 0.697. The highest BCUT2D eigenvalue weighted by Gasteiger charge is 2.25. The van der Waals surface area contributed by atoms with Crippen LogP contribution in [0.5, 0.6) is 0 Å². The summed E-state index contributed by atoms with van der Waals surface area (Å²) in [6.45, 7) is 1.70. The minimum Gasteiger partial charge on any atom is -0.404 e. The molecule has 4 N–H and O–H groups in total. The normalized spacial score (nSPS) is 31.8. The van der Waals surface area contributed by atoms with E-state index in [0.29, 0.717) is 5.92 Å². The lowest BCUT2D eigenvalue weighted by Gasteiger charge is -2.26. The number of nitrogens with two attached hydrogens (primary N) is 1. The molecule has 5 nitrogen and oxygen atoms in total. The second-order valence-corrected chi connectivity index (χ2v) is 5.37. The number of carbonyl (C=O) groups is 1. The molecule has 2 aliphatic rings. The molecule has 2 fully saturated rings. The molecule has 0 aromatic heterocycles. The molecule has 1 aliphatic carbocycles. The number of amides is 1. The van der Waals surface area contributed by atoms with Crippen molar-refractivity contribution in [3.05, 3.63) is 11.8 Å². The predicted octanol–water partition coefficient (Wildman–Crippen LogP) is 0.568. The van der Waals surface area contributed by atoms with Crippen LogP contribution in [-0.4, -0.2) is 37.8 Å². The van der Waals surface area contributed by atoms with Crippen LogP contribution in [0.4, 0.5) is 0 Å². The van der Waals surface area contributed by atoms with Crippen LogP contribution in [-0.2, 0) is 4.79 Å². The molecule has 5 heteroatoms. The number of nitrogens with one attached hydrogen (secondary N) is 2. The van der Waals surface area contributed by atoms with Crippen LogP contribution >= 0.6 is 0 Å². The van der Waals surface area contributed by atoms with E-state index in [0.717, 1.165) is 56.5 Å². The third kappa shape index (κ3) is 3.56. The standard InChI is InChI=1S/C14H24N4O/c1-16-12-5-4-10(7-11(12)8-15)9-18-14(19)13-3-2-6-17-13/h8,10,13,17H,2-7,9,15H2,1H3,(H,18,19)/b11-8-,16-12?. The zero-order valence-electron chi connectivity index (χ0n) is 11.6. The molecule has 19 heavy (non-hydrogen) atoms. The number of rotatable bonds is 3. The van der Waals surface area contributed by atoms with E-state index in [2.05, 4.69) is 15.6 Å². The van der Waals surface area contributed by atoms with E-state index in [4.69, 9.17) is 5.73 Å². The summed E-state index contributed by atoms with van der Waals surface area (Å²) in [6, 6.07) is 0.0147. The summed E-state index contributed by atoms with van der Waals surface area (Å²) in [4.78, 5) is 16.2. The van der Waals surface area contributed by atoms with Crippen molar-refractivity contribution < 1.29 is 4.79 Å². The number of hydrogen-bond donors (Lipinski definition) is 3. The smallest absolute Gasteiger partial charge is 0.237 e. The molecule has 1 saturated carbocycles.